The normalized spacial score (nSPS) is 12.2. The van der Waals surface area contributed by atoms with E-state index in [0.29, 0.717) is 5.56 Å². The maximum Gasteiger partial charge on any atom is 0.271 e. The van der Waals surface area contributed by atoms with Gasteiger partial charge in [0.15, 0.2) is 0 Å². The lowest BCUT2D eigenvalue weighted by Crippen LogP contribution is -2.33. The Morgan fingerprint density at radius 2 is 1.86 bits per heavy atom. The number of carbonyl (C=O) groups excluding carboxylic acids is 1. The smallest absolute Gasteiger partial charge is 0.271 e. The van der Waals surface area contributed by atoms with Crippen LogP contribution in [0.25, 0.3) is 0 Å². The second kappa shape index (κ2) is 9.51. The first-order chi connectivity index (χ1) is 13.6. The van der Waals surface area contributed by atoms with Crippen molar-refractivity contribution in [2.75, 3.05) is 17.1 Å². The zero-order chi connectivity index (χ0) is 21.6. The Morgan fingerprint density at radius 3 is 2.45 bits per heavy atom. The predicted molar refractivity (Wildman–Crippen MR) is 112 cm³/mol. The van der Waals surface area contributed by atoms with Gasteiger partial charge in [-0.25, -0.2) is 8.42 Å². The van der Waals surface area contributed by atoms with Gasteiger partial charge in [0.1, 0.15) is 0 Å². The van der Waals surface area contributed by atoms with Crippen LogP contribution in [0.2, 0.25) is 0 Å². The number of nitro groups is 1. The molecule has 2 rings (SSSR count). The van der Waals surface area contributed by atoms with Crippen molar-refractivity contribution < 1.29 is 18.1 Å². The molecule has 1 atom stereocenters. The van der Waals surface area contributed by atoms with Gasteiger partial charge in [-0.1, -0.05) is 36.4 Å². The van der Waals surface area contributed by atoms with Crippen LogP contribution in [0.5, 0.6) is 0 Å². The summed E-state index contributed by atoms with van der Waals surface area (Å²) in [5, 5.41) is 13.9. The number of nitrogens with zero attached hydrogens (tertiary/aromatic N) is 2. The lowest BCUT2D eigenvalue weighted by Gasteiger charge is -2.24. The molecule has 2 aromatic carbocycles. The Kier molecular flexibility index (Phi) is 7.33. The molecule has 156 valence electrons. The Hall–Kier alpha value is -2.94. The number of anilines is 1. The van der Waals surface area contributed by atoms with Crippen molar-refractivity contribution in [1.82, 2.24) is 5.32 Å². The molecule has 1 N–H and O–H groups in total. The molecule has 0 aliphatic rings. The second-order valence-corrected chi connectivity index (χ2v) is 8.77. The highest BCUT2D eigenvalue weighted by Crippen LogP contribution is 2.27. The van der Waals surface area contributed by atoms with E-state index in [2.05, 4.69) is 5.32 Å². The van der Waals surface area contributed by atoms with Crippen LogP contribution in [-0.4, -0.2) is 32.0 Å². The Bertz CT molecular complexity index is 977. The third kappa shape index (κ3) is 6.28. The molecule has 0 radical (unpaired) electrons. The van der Waals surface area contributed by atoms with E-state index in [1.807, 2.05) is 37.3 Å². The minimum absolute atomic E-state index is 0.0496. The summed E-state index contributed by atoms with van der Waals surface area (Å²) in [6.45, 7) is 3.61. The number of hydrogen-bond donors (Lipinski definition) is 1. The fourth-order valence-corrected chi connectivity index (χ4v) is 3.98. The van der Waals surface area contributed by atoms with Gasteiger partial charge in [0.2, 0.25) is 15.9 Å². The Labute approximate surface area is 170 Å². The summed E-state index contributed by atoms with van der Waals surface area (Å²) in [5.41, 5.74) is 1.64. The highest BCUT2D eigenvalue weighted by Gasteiger charge is 2.22. The molecule has 0 spiro atoms. The summed E-state index contributed by atoms with van der Waals surface area (Å²) in [7, 11) is -3.67. The Balaban J connectivity index is 2.05. The van der Waals surface area contributed by atoms with Gasteiger partial charge in [-0.15, -0.1) is 0 Å². The summed E-state index contributed by atoms with van der Waals surface area (Å²) >= 11 is 0. The van der Waals surface area contributed by atoms with Gasteiger partial charge >= 0.3 is 0 Å². The van der Waals surface area contributed by atoms with Crippen LogP contribution in [-0.2, 0) is 14.8 Å². The lowest BCUT2D eigenvalue weighted by atomic mass is 10.1. The average Bonchev–Trinajstić information content (AvgIpc) is 2.65. The molecule has 29 heavy (non-hydrogen) atoms. The van der Waals surface area contributed by atoms with E-state index in [1.54, 1.807) is 6.92 Å². The molecule has 1 amide bonds. The van der Waals surface area contributed by atoms with Gasteiger partial charge in [0, 0.05) is 25.1 Å². The number of nitrogens with one attached hydrogen (secondary N) is 1. The first kappa shape index (κ1) is 22.4. The molecule has 2 aromatic rings. The highest BCUT2D eigenvalue weighted by molar-refractivity contribution is 7.92. The molecule has 0 saturated carbocycles. The Morgan fingerprint density at radius 1 is 1.21 bits per heavy atom. The molecule has 0 bridgehead atoms. The van der Waals surface area contributed by atoms with Crippen LogP contribution < -0.4 is 9.62 Å². The summed E-state index contributed by atoms with van der Waals surface area (Å²) in [6.07, 6.45) is 1.46. The lowest BCUT2D eigenvalue weighted by molar-refractivity contribution is -0.384. The van der Waals surface area contributed by atoms with Crippen LogP contribution in [0.4, 0.5) is 11.4 Å². The fraction of sp³-hybridized carbons (Fsp3) is 0.350. The van der Waals surface area contributed by atoms with Crippen molar-refractivity contribution in [3.8, 4) is 0 Å². The van der Waals surface area contributed by atoms with E-state index < -0.39 is 14.9 Å². The summed E-state index contributed by atoms with van der Waals surface area (Å²) in [4.78, 5) is 22.7. The van der Waals surface area contributed by atoms with Crippen LogP contribution >= 0.6 is 0 Å². The second-order valence-electron chi connectivity index (χ2n) is 6.87. The van der Waals surface area contributed by atoms with E-state index in [0.717, 1.165) is 16.1 Å². The predicted octanol–water partition coefficient (Wildman–Crippen LogP) is 3.33. The number of nitro benzene ring substituents is 1. The summed E-state index contributed by atoms with van der Waals surface area (Å²) in [5.74, 6) is -0.189. The number of non-ortho nitro benzene ring substituents is 1. The van der Waals surface area contributed by atoms with Crippen molar-refractivity contribution in [3.63, 3.8) is 0 Å². The zero-order valence-corrected chi connectivity index (χ0v) is 17.5. The number of carbonyl (C=O) groups is 1. The van der Waals surface area contributed by atoms with E-state index in [4.69, 9.17) is 0 Å². The molecule has 0 unspecified atom stereocenters. The van der Waals surface area contributed by atoms with Gasteiger partial charge in [-0.05, 0) is 31.4 Å². The fourth-order valence-electron chi connectivity index (χ4n) is 2.97. The SMILES string of the molecule is Cc1ccc([N+](=O)[O-])cc1N(CCCC(=O)N[C@H](C)c1ccccc1)S(C)(=O)=O. The third-order valence-corrected chi connectivity index (χ3v) is 5.69. The number of aryl methyl sites for hydroxylation is 1. The average molecular weight is 420 g/mol. The van der Waals surface area contributed by atoms with Gasteiger partial charge < -0.3 is 5.32 Å². The van der Waals surface area contributed by atoms with Gasteiger partial charge in [0.25, 0.3) is 5.69 Å². The molecule has 0 heterocycles. The first-order valence-electron chi connectivity index (χ1n) is 9.16. The van der Waals surface area contributed by atoms with Crippen LogP contribution in [0.1, 0.15) is 36.9 Å². The number of sulfonamides is 1. The summed E-state index contributed by atoms with van der Waals surface area (Å²) < 4.78 is 25.6. The molecule has 0 aliphatic heterocycles. The number of amides is 1. The van der Waals surface area contributed by atoms with Crippen molar-refractivity contribution in [2.24, 2.45) is 0 Å². The first-order valence-corrected chi connectivity index (χ1v) is 11.0. The van der Waals surface area contributed by atoms with E-state index in [9.17, 15) is 23.3 Å². The quantitative estimate of drug-likeness (QED) is 0.495. The molecule has 0 saturated heterocycles. The molecule has 0 aromatic heterocycles. The standard InChI is InChI=1S/C20H25N3O5S/c1-15-11-12-18(23(25)26)14-19(15)22(29(3,27)28)13-7-10-20(24)21-16(2)17-8-5-4-6-9-17/h4-6,8-9,11-12,14,16H,7,10,13H2,1-3H3,(H,21,24)/t16-/m1/s1. The zero-order valence-electron chi connectivity index (χ0n) is 16.7. The summed E-state index contributed by atoms with van der Waals surface area (Å²) in [6, 6.07) is 13.4. The molecule has 9 heteroatoms. The maximum absolute atomic E-state index is 12.3. The minimum atomic E-state index is -3.67. The maximum atomic E-state index is 12.3. The van der Waals surface area contributed by atoms with Crippen LogP contribution in [0.3, 0.4) is 0 Å². The molecule has 0 fully saturated rings. The van der Waals surface area contributed by atoms with Crippen molar-refractivity contribution in [1.29, 1.82) is 0 Å². The van der Waals surface area contributed by atoms with Crippen molar-refractivity contribution >= 4 is 27.3 Å². The van der Waals surface area contributed by atoms with E-state index in [1.165, 1.54) is 18.2 Å². The minimum Gasteiger partial charge on any atom is -0.350 e. The third-order valence-electron chi connectivity index (χ3n) is 4.51. The number of benzene rings is 2. The highest BCUT2D eigenvalue weighted by atomic mass is 32.2. The molecular weight excluding hydrogens is 394 g/mol. The monoisotopic (exact) mass is 419 g/mol. The molecular formula is C20H25N3O5S. The van der Waals surface area contributed by atoms with Gasteiger partial charge in [-0.3, -0.25) is 19.2 Å². The topological polar surface area (TPSA) is 110 Å². The van der Waals surface area contributed by atoms with E-state index in [-0.39, 0.29) is 42.7 Å². The van der Waals surface area contributed by atoms with Gasteiger partial charge in [0.05, 0.1) is 22.9 Å². The largest absolute Gasteiger partial charge is 0.350 e. The molecule has 8 nitrogen and oxygen atoms in total. The van der Waals surface area contributed by atoms with Crippen molar-refractivity contribution in [3.05, 3.63) is 69.8 Å². The van der Waals surface area contributed by atoms with Crippen molar-refractivity contribution in [2.45, 2.75) is 32.7 Å². The molecule has 0 aliphatic carbocycles. The van der Waals surface area contributed by atoms with Gasteiger partial charge in [-0.2, -0.15) is 0 Å². The van der Waals surface area contributed by atoms with E-state index >= 15 is 0 Å². The van der Waals surface area contributed by atoms with Crippen LogP contribution in [0, 0.1) is 17.0 Å². The number of rotatable bonds is 9. The van der Waals surface area contributed by atoms with Crippen LogP contribution in [0.15, 0.2) is 48.5 Å². The number of hydrogen-bond acceptors (Lipinski definition) is 5.